The van der Waals surface area contributed by atoms with E-state index in [0.717, 1.165) is 6.07 Å². The van der Waals surface area contributed by atoms with Crippen LogP contribution in [0.5, 0.6) is 5.75 Å². The van der Waals surface area contributed by atoms with E-state index in [1.807, 2.05) is 0 Å². The normalized spacial score (nSPS) is 10.8. The number of rotatable bonds is 9. The van der Waals surface area contributed by atoms with E-state index in [-0.39, 0.29) is 35.5 Å². The fraction of sp³-hybridized carbons (Fsp3) is 0.258. The number of hydrogen-bond acceptors (Lipinski definition) is 9. The van der Waals surface area contributed by atoms with Gasteiger partial charge in [-0.15, -0.1) is 0 Å². The largest absolute Gasteiger partial charge is 0.514 e. The minimum atomic E-state index is -1.26. The number of hydrogen-bond donors (Lipinski definition) is 0. The smallest absolute Gasteiger partial charge is 0.462 e. The van der Waals surface area contributed by atoms with E-state index in [4.69, 9.17) is 18.9 Å². The number of esters is 2. The van der Waals surface area contributed by atoms with Gasteiger partial charge in [0.2, 0.25) is 0 Å². The van der Waals surface area contributed by atoms with Crippen LogP contribution in [0.25, 0.3) is 0 Å². The average molecular weight is 547 g/mol. The molecule has 0 spiro atoms. The summed E-state index contributed by atoms with van der Waals surface area (Å²) < 4.78 is 21.2. The van der Waals surface area contributed by atoms with E-state index in [1.54, 1.807) is 71.0 Å². The summed E-state index contributed by atoms with van der Waals surface area (Å²) >= 11 is 0. The molecular weight excluding hydrogens is 516 g/mol. The van der Waals surface area contributed by atoms with Crippen LogP contribution in [0.3, 0.4) is 0 Å². The molecule has 0 aliphatic rings. The van der Waals surface area contributed by atoms with Crippen LogP contribution in [-0.2, 0) is 14.2 Å². The maximum absolute atomic E-state index is 13.9. The van der Waals surface area contributed by atoms with Crippen LogP contribution in [0.4, 0.5) is 4.79 Å². The zero-order chi connectivity index (χ0) is 29.4. The monoisotopic (exact) mass is 546 g/mol. The second-order valence-electron chi connectivity index (χ2n) is 9.45. The molecule has 0 saturated carbocycles. The lowest BCUT2D eigenvalue weighted by atomic mass is 9.88. The van der Waals surface area contributed by atoms with Gasteiger partial charge in [0.15, 0.2) is 17.3 Å². The predicted octanol–water partition coefficient (Wildman–Crippen LogP) is 5.82. The van der Waals surface area contributed by atoms with Crippen molar-refractivity contribution >= 4 is 29.7 Å². The van der Waals surface area contributed by atoms with E-state index in [0.29, 0.717) is 0 Å². The molecule has 0 radical (unpaired) electrons. The topological polar surface area (TPSA) is 122 Å². The van der Waals surface area contributed by atoms with Crippen molar-refractivity contribution in [2.24, 2.45) is 0 Å². The fourth-order valence-electron chi connectivity index (χ4n) is 3.77. The summed E-state index contributed by atoms with van der Waals surface area (Å²) in [4.78, 5) is 67.1. The first-order chi connectivity index (χ1) is 19.0. The van der Waals surface area contributed by atoms with Crippen molar-refractivity contribution in [2.45, 2.75) is 40.2 Å². The van der Waals surface area contributed by atoms with Gasteiger partial charge in [0.05, 0.1) is 35.5 Å². The van der Waals surface area contributed by atoms with Crippen LogP contribution in [0.1, 0.15) is 87.2 Å². The summed E-state index contributed by atoms with van der Waals surface area (Å²) in [6.45, 7) is 7.81. The second-order valence-corrected chi connectivity index (χ2v) is 9.45. The maximum atomic E-state index is 13.9. The Morgan fingerprint density at radius 3 is 1.40 bits per heavy atom. The molecule has 0 saturated heterocycles. The van der Waals surface area contributed by atoms with Crippen LogP contribution in [-0.4, -0.2) is 48.5 Å². The van der Waals surface area contributed by atoms with E-state index in [9.17, 15) is 24.0 Å². The molecule has 0 fully saturated rings. The highest BCUT2D eigenvalue weighted by molar-refractivity contribution is 6.23. The minimum absolute atomic E-state index is 0.0561. The van der Waals surface area contributed by atoms with Crippen molar-refractivity contribution in [1.29, 1.82) is 0 Å². The first kappa shape index (κ1) is 29.8. The Balaban J connectivity index is 2.48. The lowest BCUT2D eigenvalue weighted by Crippen LogP contribution is -2.28. The van der Waals surface area contributed by atoms with Crippen molar-refractivity contribution in [2.75, 3.05) is 13.2 Å². The second kappa shape index (κ2) is 12.8. The molecule has 40 heavy (non-hydrogen) atoms. The summed E-state index contributed by atoms with van der Waals surface area (Å²) in [7, 11) is 0. The number of benzene rings is 3. The standard InChI is InChI=1S/C31H30O9/c1-6-37-28(34)21-18-22(29(35)38-7-2)24(26(33)20-16-12-9-13-17-20)27(39-30(36)40-31(3,4)5)23(21)25(32)19-14-10-8-11-15-19/h8-18H,6-7H2,1-5H3. The third kappa shape index (κ3) is 6.99. The van der Waals surface area contributed by atoms with Crippen LogP contribution < -0.4 is 4.74 Å². The van der Waals surface area contributed by atoms with Gasteiger partial charge in [-0.3, -0.25) is 9.59 Å². The zero-order valence-corrected chi connectivity index (χ0v) is 22.9. The molecule has 3 aromatic rings. The Labute approximate surface area is 232 Å². The Bertz CT molecular complexity index is 1330. The van der Waals surface area contributed by atoms with E-state index < -0.39 is 52.1 Å². The molecule has 3 aromatic carbocycles. The molecule has 0 N–H and O–H groups in total. The van der Waals surface area contributed by atoms with Gasteiger partial charge in [-0.1, -0.05) is 60.7 Å². The van der Waals surface area contributed by atoms with Crippen molar-refractivity contribution in [3.8, 4) is 5.75 Å². The molecule has 0 bridgehead atoms. The molecular formula is C31H30O9. The van der Waals surface area contributed by atoms with Gasteiger partial charge in [0.1, 0.15) is 5.60 Å². The van der Waals surface area contributed by atoms with Gasteiger partial charge in [0, 0.05) is 11.1 Å². The van der Waals surface area contributed by atoms with Crippen molar-refractivity contribution in [1.82, 2.24) is 0 Å². The Hall–Kier alpha value is -4.79. The third-order valence-electron chi connectivity index (χ3n) is 5.37. The highest BCUT2D eigenvalue weighted by Crippen LogP contribution is 2.36. The molecule has 3 rings (SSSR count). The average Bonchev–Trinajstić information content (AvgIpc) is 2.92. The van der Waals surface area contributed by atoms with Gasteiger partial charge in [-0.05, 0) is 40.7 Å². The van der Waals surface area contributed by atoms with Gasteiger partial charge in [0.25, 0.3) is 0 Å². The van der Waals surface area contributed by atoms with Crippen LogP contribution in [0.15, 0.2) is 66.7 Å². The number of ketones is 2. The molecule has 9 heteroatoms. The zero-order valence-electron chi connectivity index (χ0n) is 22.9. The molecule has 0 atom stereocenters. The van der Waals surface area contributed by atoms with E-state index >= 15 is 0 Å². The summed E-state index contributed by atoms with van der Waals surface area (Å²) in [6.07, 6.45) is -1.26. The number of carbonyl (C=O) groups excluding carboxylic acids is 5. The summed E-state index contributed by atoms with van der Waals surface area (Å²) in [5.74, 6) is -4.06. The summed E-state index contributed by atoms with van der Waals surface area (Å²) in [5.41, 5.74) is -2.41. The molecule has 0 heterocycles. The lowest BCUT2D eigenvalue weighted by Gasteiger charge is -2.22. The Morgan fingerprint density at radius 1 is 0.650 bits per heavy atom. The van der Waals surface area contributed by atoms with Gasteiger partial charge >= 0.3 is 18.1 Å². The van der Waals surface area contributed by atoms with Crippen LogP contribution in [0.2, 0.25) is 0 Å². The molecule has 0 amide bonds. The number of carbonyl (C=O) groups is 5. The van der Waals surface area contributed by atoms with Gasteiger partial charge in [-0.2, -0.15) is 0 Å². The molecule has 0 aliphatic carbocycles. The van der Waals surface area contributed by atoms with Gasteiger partial charge < -0.3 is 18.9 Å². The van der Waals surface area contributed by atoms with Crippen molar-refractivity contribution in [3.05, 3.63) is 100 Å². The third-order valence-corrected chi connectivity index (χ3v) is 5.37. The minimum Gasteiger partial charge on any atom is -0.462 e. The summed E-state index contributed by atoms with van der Waals surface area (Å²) in [5, 5.41) is 0. The Kier molecular flexibility index (Phi) is 9.55. The van der Waals surface area contributed by atoms with Crippen molar-refractivity contribution < 1.29 is 42.9 Å². The highest BCUT2D eigenvalue weighted by atomic mass is 16.7. The first-order valence-corrected chi connectivity index (χ1v) is 12.6. The first-order valence-electron chi connectivity index (χ1n) is 12.6. The highest BCUT2D eigenvalue weighted by Gasteiger charge is 2.36. The SMILES string of the molecule is CCOC(=O)c1cc(C(=O)OCC)c(C(=O)c2ccccc2)c(OC(=O)OC(C)(C)C)c1C(=O)c1ccccc1. The predicted molar refractivity (Wildman–Crippen MR) is 145 cm³/mol. The van der Waals surface area contributed by atoms with Gasteiger partial charge in [-0.25, -0.2) is 14.4 Å². The van der Waals surface area contributed by atoms with Crippen molar-refractivity contribution in [3.63, 3.8) is 0 Å². The molecule has 0 aromatic heterocycles. The molecule has 208 valence electrons. The lowest BCUT2D eigenvalue weighted by molar-refractivity contribution is 0.0200. The van der Waals surface area contributed by atoms with E-state index in [1.165, 1.54) is 24.3 Å². The molecule has 9 nitrogen and oxygen atoms in total. The van der Waals surface area contributed by atoms with Crippen LogP contribution >= 0.6 is 0 Å². The fourth-order valence-corrected chi connectivity index (χ4v) is 3.77. The van der Waals surface area contributed by atoms with E-state index in [2.05, 4.69) is 0 Å². The Morgan fingerprint density at radius 2 is 1.05 bits per heavy atom. The molecule has 0 aliphatic heterocycles. The maximum Gasteiger partial charge on any atom is 0.514 e. The summed E-state index contributed by atoms with van der Waals surface area (Å²) in [6, 6.07) is 16.8. The molecule has 0 unspecified atom stereocenters. The number of ether oxygens (including phenoxy) is 4. The quantitative estimate of drug-likeness (QED) is 0.141. The van der Waals surface area contributed by atoms with Crippen LogP contribution in [0, 0.1) is 0 Å².